The van der Waals surface area contributed by atoms with Crippen LogP contribution >= 0.6 is 0 Å². The molecule has 2 atom stereocenters. The topological polar surface area (TPSA) is 39.7 Å². The molecule has 0 spiro atoms. The molecule has 3 rings (SSSR count). The van der Waals surface area contributed by atoms with Gasteiger partial charge in [-0.05, 0) is 37.0 Å². The summed E-state index contributed by atoms with van der Waals surface area (Å²) in [5.74, 6) is 2.35. The average molecular weight is 249 g/mol. The Kier molecular flexibility index (Phi) is 3.39. The van der Waals surface area contributed by atoms with Gasteiger partial charge in [0.2, 0.25) is 6.79 Å². The first kappa shape index (κ1) is 11.8. The smallest absolute Gasteiger partial charge is 0.231 e. The number of benzene rings is 1. The van der Waals surface area contributed by atoms with Gasteiger partial charge in [-0.15, -0.1) is 0 Å². The fourth-order valence-electron chi connectivity index (χ4n) is 2.39. The van der Waals surface area contributed by atoms with E-state index in [4.69, 9.17) is 14.2 Å². The Hall–Kier alpha value is -1.26. The molecule has 2 heterocycles. The van der Waals surface area contributed by atoms with Crippen LogP contribution in [-0.4, -0.2) is 26.6 Å². The lowest BCUT2D eigenvalue weighted by Gasteiger charge is -2.17. The van der Waals surface area contributed by atoms with E-state index in [1.165, 1.54) is 12.0 Å². The lowest BCUT2D eigenvalue weighted by atomic mass is 10.1. The van der Waals surface area contributed by atoms with Gasteiger partial charge in [-0.2, -0.15) is 0 Å². The van der Waals surface area contributed by atoms with E-state index in [0.29, 0.717) is 18.8 Å². The van der Waals surface area contributed by atoms with Crippen molar-refractivity contribution in [3.8, 4) is 11.5 Å². The molecule has 2 aliphatic heterocycles. The first-order valence-corrected chi connectivity index (χ1v) is 6.53. The highest BCUT2D eigenvalue weighted by molar-refractivity contribution is 5.45. The standard InChI is InChI=1S/C14H19NO3/c1-10(15-7-11-4-5-16-8-11)12-2-3-13-14(6-12)18-9-17-13/h2-3,6,10-11,15H,4-5,7-9H2,1H3. The number of ether oxygens (including phenoxy) is 3. The zero-order valence-electron chi connectivity index (χ0n) is 10.6. The second kappa shape index (κ2) is 5.16. The van der Waals surface area contributed by atoms with Crippen LogP contribution in [0.1, 0.15) is 24.9 Å². The fraction of sp³-hybridized carbons (Fsp3) is 0.571. The second-order valence-electron chi connectivity index (χ2n) is 4.97. The third-order valence-electron chi connectivity index (χ3n) is 3.63. The summed E-state index contributed by atoms with van der Waals surface area (Å²) >= 11 is 0. The maximum Gasteiger partial charge on any atom is 0.231 e. The Morgan fingerprint density at radius 2 is 2.22 bits per heavy atom. The number of nitrogens with one attached hydrogen (secondary N) is 1. The van der Waals surface area contributed by atoms with Crippen LogP contribution in [0.15, 0.2) is 18.2 Å². The molecular weight excluding hydrogens is 230 g/mol. The van der Waals surface area contributed by atoms with Crippen molar-refractivity contribution < 1.29 is 14.2 Å². The van der Waals surface area contributed by atoms with Crippen molar-refractivity contribution in [2.75, 3.05) is 26.6 Å². The first-order chi connectivity index (χ1) is 8.83. The van der Waals surface area contributed by atoms with Crippen LogP contribution in [0.25, 0.3) is 0 Å². The van der Waals surface area contributed by atoms with Gasteiger partial charge >= 0.3 is 0 Å². The van der Waals surface area contributed by atoms with Crippen molar-refractivity contribution in [2.45, 2.75) is 19.4 Å². The summed E-state index contributed by atoms with van der Waals surface area (Å²) in [4.78, 5) is 0. The molecule has 0 amide bonds. The monoisotopic (exact) mass is 249 g/mol. The molecule has 2 aliphatic rings. The third kappa shape index (κ3) is 2.44. The first-order valence-electron chi connectivity index (χ1n) is 6.53. The van der Waals surface area contributed by atoms with Crippen LogP contribution < -0.4 is 14.8 Å². The van der Waals surface area contributed by atoms with E-state index in [0.717, 1.165) is 31.3 Å². The molecule has 1 aromatic rings. The Bertz CT molecular complexity index is 416. The molecule has 2 unspecified atom stereocenters. The van der Waals surface area contributed by atoms with Crippen molar-refractivity contribution >= 4 is 0 Å². The van der Waals surface area contributed by atoms with Crippen LogP contribution in [0.3, 0.4) is 0 Å². The van der Waals surface area contributed by atoms with Gasteiger partial charge in [0.1, 0.15) is 0 Å². The molecule has 4 nitrogen and oxygen atoms in total. The van der Waals surface area contributed by atoms with E-state index in [-0.39, 0.29) is 0 Å². The number of hydrogen-bond acceptors (Lipinski definition) is 4. The lowest BCUT2D eigenvalue weighted by molar-refractivity contribution is 0.174. The Labute approximate surface area is 107 Å². The van der Waals surface area contributed by atoms with Gasteiger partial charge in [0.25, 0.3) is 0 Å². The van der Waals surface area contributed by atoms with Crippen LogP contribution in [0.2, 0.25) is 0 Å². The van der Waals surface area contributed by atoms with E-state index < -0.39 is 0 Å². The van der Waals surface area contributed by atoms with E-state index >= 15 is 0 Å². The number of fused-ring (bicyclic) bond motifs is 1. The summed E-state index contributed by atoms with van der Waals surface area (Å²) < 4.78 is 16.1. The molecule has 98 valence electrons. The van der Waals surface area contributed by atoms with Crippen molar-refractivity contribution in [3.63, 3.8) is 0 Å². The quantitative estimate of drug-likeness (QED) is 0.887. The second-order valence-corrected chi connectivity index (χ2v) is 4.97. The molecule has 4 heteroatoms. The maximum absolute atomic E-state index is 5.40. The fourth-order valence-corrected chi connectivity index (χ4v) is 2.39. The molecule has 18 heavy (non-hydrogen) atoms. The molecule has 0 radical (unpaired) electrons. The highest BCUT2D eigenvalue weighted by Crippen LogP contribution is 2.34. The Morgan fingerprint density at radius 3 is 3.06 bits per heavy atom. The minimum atomic E-state index is 0.320. The number of rotatable bonds is 4. The van der Waals surface area contributed by atoms with Gasteiger partial charge in [-0.1, -0.05) is 6.07 Å². The van der Waals surface area contributed by atoms with Gasteiger partial charge in [0, 0.05) is 19.2 Å². The van der Waals surface area contributed by atoms with Crippen molar-refractivity contribution in [1.82, 2.24) is 5.32 Å². The van der Waals surface area contributed by atoms with Crippen LogP contribution in [0.5, 0.6) is 11.5 Å². The van der Waals surface area contributed by atoms with Crippen molar-refractivity contribution in [2.24, 2.45) is 5.92 Å². The molecule has 0 aromatic heterocycles. The van der Waals surface area contributed by atoms with E-state index in [1.54, 1.807) is 0 Å². The zero-order chi connectivity index (χ0) is 12.4. The molecule has 0 aliphatic carbocycles. The van der Waals surface area contributed by atoms with Gasteiger partial charge in [0.15, 0.2) is 11.5 Å². The van der Waals surface area contributed by atoms with Crippen molar-refractivity contribution in [1.29, 1.82) is 0 Å². The molecule has 0 saturated carbocycles. The summed E-state index contributed by atoms with van der Waals surface area (Å²) in [5, 5.41) is 3.56. The highest BCUT2D eigenvalue weighted by Gasteiger charge is 2.18. The lowest BCUT2D eigenvalue weighted by Crippen LogP contribution is -2.25. The SMILES string of the molecule is CC(NCC1CCOC1)c1ccc2c(c1)OCO2. The zero-order valence-corrected chi connectivity index (χ0v) is 10.6. The Balaban J connectivity index is 1.59. The molecule has 1 N–H and O–H groups in total. The predicted octanol–water partition coefficient (Wildman–Crippen LogP) is 2.10. The normalized spacial score (nSPS) is 23.3. The number of hydrogen-bond donors (Lipinski definition) is 1. The molecule has 1 saturated heterocycles. The predicted molar refractivity (Wildman–Crippen MR) is 67.9 cm³/mol. The van der Waals surface area contributed by atoms with Gasteiger partial charge in [-0.3, -0.25) is 0 Å². The molecular formula is C14H19NO3. The van der Waals surface area contributed by atoms with Gasteiger partial charge in [0.05, 0.1) is 6.61 Å². The van der Waals surface area contributed by atoms with Gasteiger partial charge in [-0.25, -0.2) is 0 Å². The highest BCUT2D eigenvalue weighted by atomic mass is 16.7. The maximum atomic E-state index is 5.40. The van der Waals surface area contributed by atoms with Crippen LogP contribution in [0, 0.1) is 5.92 Å². The Morgan fingerprint density at radius 1 is 1.33 bits per heavy atom. The molecule has 0 bridgehead atoms. The summed E-state index contributed by atoms with van der Waals surface area (Å²) in [5.41, 5.74) is 1.23. The summed E-state index contributed by atoms with van der Waals surface area (Å²) in [7, 11) is 0. The minimum absolute atomic E-state index is 0.320. The molecule has 1 fully saturated rings. The van der Waals surface area contributed by atoms with Crippen molar-refractivity contribution in [3.05, 3.63) is 23.8 Å². The molecule has 1 aromatic carbocycles. The summed E-state index contributed by atoms with van der Waals surface area (Å²) in [6.45, 7) is 5.31. The van der Waals surface area contributed by atoms with Crippen LogP contribution in [0.4, 0.5) is 0 Å². The van der Waals surface area contributed by atoms with Crippen LogP contribution in [-0.2, 0) is 4.74 Å². The largest absolute Gasteiger partial charge is 0.454 e. The minimum Gasteiger partial charge on any atom is -0.454 e. The van der Waals surface area contributed by atoms with E-state index in [9.17, 15) is 0 Å². The van der Waals surface area contributed by atoms with E-state index in [1.807, 2.05) is 6.07 Å². The van der Waals surface area contributed by atoms with Gasteiger partial charge < -0.3 is 19.5 Å². The van der Waals surface area contributed by atoms with E-state index in [2.05, 4.69) is 24.4 Å². The summed E-state index contributed by atoms with van der Waals surface area (Å²) in [6, 6.07) is 6.45. The summed E-state index contributed by atoms with van der Waals surface area (Å²) in [6.07, 6.45) is 1.17. The average Bonchev–Trinajstić information content (AvgIpc) is 3.05. The third-order valence-corrected chi connectivity index (χ3v) is 3.63.